The molecule has 7 heteroatoms. The molecule has 1 aliphatic heterocycles. The molecule has 0 unspecified atom stereocenters. The topological polar surface area (TPSA) is 95.6 Å². The summed E-state index contributed by atoms with van der Waals surface area (Å²) in [5.41, 5.74) is 4.86. The van der Waals surface area contributed by atoms with Crippen molar-refractivity contribution in [1.82, 2.24) is 9.97 Å². The van der Waals surface area contributed by atoms with Gasteiger partial charge in [-0.05, 0) is 5.92 Å². The predicted octanol–water partition coefficient (Wildman–Crippen LogP) is 0.483. The van der Waals surface area contributed by atoms with Crippen molar-refractivity contribution in [3.63, 3.8) is 0 Å². The van der Waals surface area contributed by atoms with Crippen LogP contribution in [0.3, 0.4) is 0 Å². The Balaban J connectivity index is 2.24. The van der Waals surface area contributed by atoms with E-state index < -0.39 is 11.5 Å². The zero-order chi connectivity index (χ0) is 16.5. The lowest BCUT2D eigenvalue weighted by Gasteiger charge is -2.37. The maximum atomic E-state index is 11.3. The summed E-state index contributed by atoms with van der Waals surface area (Å²) in [6.45, 7) is 5.27. The summed E-state index contributed by atoms with van der Waals surface area (Å²) < 4.78 is 0. The van der Waals surface area contributed by atoms with Gasteiger partial charge in [-0.15, -0.1) is 0 Å². The Labute approximate surface area is 131 Å². The minimum Gasteiger partial charge on any atom is -0.380 e. The van der Waals surface area contributed by atoms with Crippen LogP contribution in [0.5, 0.6) is 0 Å². The highest BCUT2D eigenvalue weighted by atomic mass is 16.3. The molecule has 7 nitrogen and oxygen atoms in total. The molecule has 1 aromatic heterocycles. The molecule has 1 saturated heterocycles. The van der Waals surface area contributed by atoms with Crippen LogP contribution in [0, 0.1) is 0 Å². The van der Waals surface area contributed by atoms with Crippen molar-refractivity contribution in [1.29, 1.82) is 0 Å². The van der Waals surface area contributed by atoms with E-state index in [0.717, 1.165) is 11.5 Å². The summed E-state index contributed by atoms with van der Waals surface area (Å²) in [7, 11) is 3.82. The highest BCUT2D eigenvalue weighted by molar-refractivity contribution is 5.83. The molecule has 1 aliphatic rings. The quantitative estimate of drug-likeness (QED) is 0.840. The zero-order valence-corrected chi connectivity index (χ0v) is 13.7. The van der Waals surface area contributed by atoms with E-state index in [4.69, 9.17) is 5.73 Å². The number of hydrogen-bond donors (Lipinski definition) is 2. The normalized spacial score (nSPS) is 17.6. The van der Waals surface area contributed by atoms with E-state index in [1.165, 1.54) is 0 Å². The number of nitrogens with two attached hydrogens (primary N) is 1. The van der Waals surface area contributed by atoms with Gasteiger partial charge in [0.05, 0.1) is 5.69 Å². The van der Waals surface area contributed by atoms with Crippen LogP contribution in [0.1, 0.15) is 38.3 Å². The highest BCUT2D eigenvalue weighted by Gasteiger charge is 2.38. The highest BCUT2D eigenvalue weighted by Crippen LogP contribution is 2.27. The second kappa shape index (κ2) is 6.08. The third kappa shape index (κ3) is 3.30. The SMILES string of the molecule is CC(C)c1cc(N2CCC(O)(C(N)=O)CC2)nc(N(C)C)n1. The van der Waals surface area contributed by atoms with E-state index in [1.807, 2.05) is 25.1 Å². The Morgan fingerprint density at radius 1 is 1.36 bits per heavy atom. The average Bonchev–Trinajstić information content (AvgIpc) is 2.47. The number of nitrogens with zero attached hydrogens (tertiary/aromatic N) is 4. The fourth-order valence-corrected chi connectivity index (χ4v) is 2.45. The molecule has 1 fully saturated rings. The smallest absolute Gasteiger partial charge is 0.249 e. The number of primary amides is 1. The van der Waals surface area contributed by atoms with Gasteiger partial charge in [0.25, 0.3) is 0 Å². The second-order valence-corrected chi connectivity index (χ2v) is 6.38. The first-order valence-electron chi connectivity index (χ1n) is 7.56. The van der Waals surface area contributed by atoms with Gasteiger partial charge in [0.2, 0.25) is 11.9 Å². The van der Waals surface area contributed by atoms with Gasteiger partial charge >= 0.3 is 0 Å². The lowest BCUT2D eigenvalue weighted by Crippen LogP contribution is -2.52. The number of amides is 1. The molecule has 2 heterocycles. The van der Waals surface area contributed by atoms with Crippen LogP contribution in [0.15, 0.2) is 6.07 Å². The fourth-order valence-electron chi connectivity index (χ4n) is 2.45. The van der Waals surface area contributed by atoms with Crippen LogP contribution in [-0.4, -0.2) is 53.8 Å². The first-order valence-corrected chi connectivity index (χ1v) is 7.56. The molecule has 122 valence electrons. The first-order chi connectivity index (χ1) is 10.2. The van der Waals surface area contributed by atoms with Gasteiger partial charge in [-0.2, -0.15) is 4.98 Å². The molecule has 22 heavy (non-hydrogen) atoms. The third-order valence-corrected chi connectivity index (χ3v) is 4.09. The standard InChI is InChI=1S/C15H25N5O2/c1-10(2)11-9-12(18-14(17-11)19(3)4)20-7-5-15(22,6-8-20)13(16)21/h9-10,22H,5-8H2,1-4H3,(H2,16,21). The molecule has 2 rings (SSSR count). The molecule has 0 saturated carbocycles. The van der Waals surface area contributed by atoms with Gasteiger partial charge < -0.3 is 20.6 Å². The van der Waals surface area contributed by atoms with Crippen molar-refractivity contribution in [2.75, 3.05) is 37.0 Å². The Kier molecular flexibility index (Phi) is 4.55. The van der Waals surface area contributed by atoms with E-state index >= 15 is 0 Å². The van der Waals surface area contributed by atoms with Gasteiger partial charge in [0.1, 0.15) is 11.4 Å². The molecule has 0 aromatic carbocycles. The first kappa shape index (κ1) is 16.5. The Hall–Kier alpha value is -1.89. The van der Waals surface area contributed by atoms with Crippen LogP contribution in [-0.2, 0) is 4.79 Å². The number of hydrogen-bond acceptors (Lipinski definition) is 6. The van der Waals surface area contributed by atoms with Gasteiger partial charge in [-0.1, -0.05) is 13.8 Å². The number of carbonyl (C=O) groups is 1. The summed E-state index contributed by atoms with van der Waals surface area (Å²) in [5.74, 6) is 1.14. The molecule has 0 aliphatic carbocycles. The molecule has 0 bridgehead atoms. The number of anilines is 2. The lowest BCUT2D eigenvalue weighted by molar-refractivity contribution is -0.138. The van der Waals surface area contributed by atoms with Crippen molar-refractivity contribution in [2.45, 2.75) is 38.2 Å². The summed E-state index contributed by atoms with van der Waals surface area (Å²) in [6, 6.07) is 1.98. The maximum absolute atomic E-state index is 11.3. The van der Waals surface area contributed by atoms with Gasteiger partial charge in [-0.3, -0.25) is 4.79 Å². The van der Waals surface area contributed by atoms with E-state index in [0.29, 0.717) is 37.8 Å². The molecular weight excluding hydrogens is 282 g/mol. The summed E-state index contributed by atoms with van der Waals surface area (Å²) in [4.78, 5) is 24.4. The molecule has 0 atom stereocenters. The van der Waals surface area contributed by atoms with Crippen molar-refractivity contribution < 1.29 is 9.90 Å². The zero-order valence-electron chi connectivity index (χ0n) is 13.7. The van der Waals surface area contributed by atoms with E-state index in [9.17, 15) is 9.90 Å². The molecule has 3 N–H and O–H groups in total. The van der Waals surface area contributed by atoms with Crippen LogP contribution >= 0.6 is 0 Å². The van der Waals surface area contributed by atoms with E-state index in [1.54, 1.807) is 0 Å². The Morgan fingerprint density at radius 2 is 1.95 bits per heavy atom. The summed E-state index contributed by atoms with van der Waals surface area (Å²) >= 11 is 0. The Bertz CT molecular complexity index is 525. The largest absolute Gasteiger partial charge is 0.380 e. The van der Waals surface area contributed by atoms with Crippen molar-refractivity contribution >= 4 is 17.7 Å². The van der Waals surface area contributed by atoms with Gasteiger partial charge in [0, 0.05) is 46.1 Å². The van der Waals surface area contributed by atoms with Crippen LogP contribution in [0.2, 0.25) is 0 Å². The molecular formula is C15H25N5O2. The Morgan fingerprint density at radius 3 is 2.41 bits per heavy atom. The van der Waals surface area contributed by atoms with Crippen molar-refractivity contribution in [2.24, 2.45) is 5.73 Å². The van der Waals surface area contributed by atoms with Crippen LogP contribution in [0.25, 0.3) is 0 Å². The summed E-state index contributed by atoms with van der Waals surface area (Å²) in [5, 5.41) is 10.2. The van der Waals surface area contributed by atoms with E-state index in [2.05, 4.69) is 28.7 Å². The van der Waals surface area contributed by atoms with Crippen LogP contribution in [0.4, 0.5) is 11.8 Å². The van der Waals surface area contributed by atoms with Crippen LogP contribution < -0.4 is 15.5 Å². The molecule has 1 aromatic rings. The second-order valence-electron chi connectivity index (χ2n) is 6.38. The number of aromatic nitrogens is 2. The minimum absolute atomic E-state index is 0.299. The average molecular weight is 307 g/mol. The molecule has 0 spiro atoms. The monoisotopic (exact) mass is 307 g/mol. The number of carbonyl (C=O) groups excluding carboxylic acids is 1. The predicted molar refractivity (Wildman–Crippen MR) is 86.0 cm³/mol. The number of rotatable bonds is 4. The molecule has 0 radical (unpaired) electrons. The van der Waals surface area contributed by atoms with Gasteiger partial charge in [0.15, 0.2) is 0 Å². The van der Waals surface area contributed by atoms with Crippen molar-refractivity contribution in [3.8, 4) is 0 Å². The maximum Gasteiger partial charge on any atom is 0.249 e. The number of piperidine rings is 1. The van der Waals surface area contributed by atoms with E-state index in [-0.39, 0.29) is 0 Å². The fraction of sp³-hybridized carbons (Fsp3) is 0.667. The third-order valence-electron chi connectivity index (χ3n) is 4.09. The summed E-state index contributed by atoms with van der Waals surface area (Å²) in [6.07, 6.45) is 0.640. The lowest BCUT2D eigenvalue weighted by atomic mass is 9.91. The number of aliphatic hydroxyl groups is 1. The van der Waals surface area contributed by atoms with Crippen molar-refractivity contribution in [3.05, 3.63) is 11.8 Å². The minimum atomic E-state index is -1.39. The molecule has 1 amide bonds. The van der Waals surface area contributed by atoms with Gasteiger partial charge in [-0.25, -0.2) is 4.98 Å².